The van der Waals surface area contributed by atoms with Crippen molar-refractivity contribution in [3.8, 4) is 0 Å². The van der Waals surface area contributed by atoms with E-state index in [1.54, 1.807) is 25.1 Å². The number of hydrogen-bond donors (Lipinski definition) is 0. The van der Waals surface area contributed by atoms with Gasteiger partial charge in [-0.05, 0) is 25.5 Å². The highest BCUT2D eigenvalue weighted by molar-refractivity contribution is 6.32. The van der Waals surface area contributed by atoms with Gasteiger partial charge in [0.1, 0.15) is 0 Å². The average Bonchev–Trinajstić information content (AvgIpc) is 2.29. The van der Waals surface area contributed by atoms with Gasteiger partial charge < -0.3 is 9.47 Å². The van der Waals surface area contributed by atoms with Crippen LogP contribution >= 0.6 is 23.2 Å². The van der Waals surface area contributed by atoms with Crippen LogP contribution in [0.3, 0.4) is 0 Å². The summed E-state index contributed by atoms with van der Waals surface area (Å²) in [5.74, 6) is -0.270. The highest BCUT2D eigenvalue weighted by Gasteiger charge is 2.13. The van der Waals surface area contributed by atoms with Gasteiger partial charge in [0.15, 0.2) is 5.56 Å². The lowest BCUT2D eigenvalue weighted by Gasteiger charge is -2.12. The van der Waals surface area contributed by atoms with E-state index in [0.29, 0.717) is 23.8 Å². The zero-order chi connectivity index (χ0) is 13.5. The molecular weight excluding hydrogens is 275 g/mol. The van der Waals surface area contributed by atoms with E-state index in [1.165, 1.54) is 0 Å². The number of carbonyl (C=O) groups excluding carboxylic acids is 1. The minimum atomic E-state index is -0.570. The van der Waals surface area contributed by atoms with Crippen LogP contribution in [0.25, 0.3) is 0 Å². The Hall–Kier alpha value is -0.770. The molecule has 0 aromatic heterocycles. The Bertz CT molecular complexity index is 407. The van der Waals surface area contributed by atoms with E-state index in [-0.39, 0.29) is 12.4 Å². The first kappa shape index (κ1) is 15.3. The Balaban J connectivity index is 2.76. The highest BCUT2D eigenvalue weighted by atomic mass is 35.5. The Morgan fingerprint density at radius 1 is 1.33 bits per heavy atom. The third-order valence-corrected chi connectivity index (χ3v) is 2.96. The summed E-state index contributed by atoms with van der Waals surface area (Å²) < 4.78 is 10.1. The fourth-order valence-electron chi connectivity index (χ4n) is 1.48. The van der Waals surface area contributed by atoms with Crippen LogP contribution in [-0.4, -0.2) is 19.2 Å². The number of ether oxygens (including phenoxy) is 2. The number of carbonyl (C=O) groups is 1. The lowest BCUT2D eigenvalue weighted by molar-refractivity contribution is -0.142. The van der Waals surface area contributed by atoms with Crippen LogP contribution in [0.4, 0.5) is 0 Å². The zero-order valence-corrected chi connectivity index (χ0v) is 11.9. The summed E-state index contributed by atoms with van der Waals surface area (Å²) in [5, 5.41) is 0.491. The van der Waals surface area contributed by atoms with Crippen molar-refractivity contribution in [3.63, 3.8) is 0 Å². The van der Waals surface area contributed by atoms with Crippen molar-refractivity contribution >= 4 is 29.2 Å². The summed E-state index contributed by atoms with van der Waals surface area (Å²) >= 11 is 12.1. The third kappa shape index (κ3) is 4.48. The lowest BCUT2D eigenvalue weighted by Crippen LogP contribution is -2.07. The molecule has 0 saturated carbocycles. The van der Waals surface area contributed by atoms with Gasteiger partial charge in [-0.3, -0.25) is 4.79 Å². The summed E-state index contributed by atoms with van der Waals surface area (Å²) in [7, 11) is 0. The number of alkyl halides is 1. The van der Waals surface area contributed by atoms with Crippen LogP contribution < -0.4 is 0 Å². The SMILES string of the molecule is CCOC(=O)Cc1ccc(C(Cl)OCC)c(Cl)c1. The summed E-state index contributed by atoms with van der Waals surface area (Å²) in [6.45, 7) is 4.51. The molecule has 1 aromatic rings. The fraction of sp³-hybridized carbons (Fsp3) is 0.462. The predicted octanol–water partition coefficient (Wildman–Crippen LogP) is 3.72. The molecule has 0 radical (unpaired) electrons. The molecule has 0 heterocycles. The number of rotatable bonds is 6. The zero-order valence-electron chi connectivity index (χ0n) is 10.4. The van der Waals surface area contributed by atoms with Crippen LogP contribution in [-0.2, 0) is 20.7 Å². The number of halogens is 2. The Labute approximate surface area is 117 Å². The number of esters is 1. The van der Waals surface area contributed by atoms with Gasteiger partial charge in [0.2, 0.25) is 0 Å². The third-order valence-electron chi connectivity index (χ3n) is 2.28. The van der Waals surface area contributed by atoms with Gasteiger partial charge in [0, 0.05) is 17.2 Å². The van der Waals surface area contributed by atoms with E-state index in [4.69, 9.17) is 32.7 Å². The Morgan fingerprint density at radius 3 is 2.61 bits per heavy atom. The maximum Gasteiger partial charge on any atom is 0.310 e. The molecule has 0 bridgehead atoms. The molecule has 0 aliphatic carbocycles. The summed E-state index contributed by atoms with van der Waals surface area (Å²) in [4.78, 5) is 11.3. The largest absolute Gasteiger partial charge is 0.466 e. The van der Waals surface area contributed by atoms with Crippen LogP contribution in [0.15, 0.2) is 18.2 Å². The first-order valence-electron chi connectivity index (χ1n) is 5.78. The first-order valence-corrected chi connectivity index (χ1v) is 6.59. The quantitative estimate of drug-likeness (QED) is 0.592. The average molecular weight is 291 g/mol. The summed E-state index contributed by atoms with van der Waals surface area (Å²) in [6, 6.07) is 5.28. The Kier molecular flexibility index (Phi) is 6.47. The molecule has 1 unspecified atom stereocenters. The topological polar surface area (TPSA) is 35.5 Å². The maximum absolute atomic E-state index is 11.3. The molecule has 0 amide bonds. The molecule has 1 atom stereocenters. The van der Waals surface area contributed by atoms with Crippen molar-refractivity contribution in [1.29, 1.82) is 0 Å². The van der Waals surface area contributed by atoms with Crippen molar-refractivity contribution in [2.24, 2.45) is 0 Å². The minimum absolute atomic E-state index is 0.204. The second-order valence-corrected chi connectivity index (χ2v) is 4.41. The second kappa shape index (κ2) is 7.62. The van der Waals surface area contributed by atoms with Crippen molar-refractivity contribution in [2.45, 2.75) is 25.8 Å². The summed E-state index contributed by atoms with van der Waals surface area (Å²) in [6.07, 6.45) is 0.204. The van der Waals surface area contributed by atoms with E-state index in [9.17, 15) is 4.79 Å². The van der Waals surface area contributed by atoms with Crippen molar-refractivity contribution in [2.75, 3.05) is 13.2 Å². The van der Waals surface area contributed by atoms with E-state index < -0.39 is 5.56 Å². The highest BCUT2D eigenvalue weighted by Crippen LogP contribution is 2.29. The van der Waals surface area contributed by atoms with Crippen molar-refractivity contribution in [3.05, 3.63) is 34.3 Å². The maximum atomic E-state index is 11.3. The van der Waals surface area contributed by atoms with Gasteiger partial charge in [-0.15, -0.1) is 0 Å². The first-order chi connectivity index (χ1) is 8.58. The van der Waals surface area contributed by atoms with Crippen LogP contribution in [0, 0.1) is 0 Å². The van der Waals surface area contributed by atoms with Crippen LogP contribution in [0.2, 0.25) is 5.02 Å². The van der Waals surface area contributed by atoms with E-state index >= 15 is 0 Å². The van der Waals surface area contributed by atoms with Crippen molar-refractivity contribution < 1.29 is 14.3 Å². The van der Waals surface area contributed by atoms with Crippen molar-refractivity contribution in [1.82, 2.24) is 0 Å². The molecule has 18 heavy (non-hydrogen) atoms. The smallest absolute Gasteiger partial charge is 0.310 e. The molecule has 0 saturated heterocycles. The van der Waals surface area contributed by atoms with Gasteiger partial charge in [-0.1, -0.05) is 35.3 Å². The molecule has 0 aliphatic rings. The minimum Gasteiger partial charge on any atom is -0.466 e. The monoisotopic (exact) mass is 290 g/mol. The molecule has 0 spiro atoms. The standard InChI is InChI=1S/C13H16Cl2O3/c1-3-17-12(16)8-9-5-6-10(11(14)7-9)13(15)18-4-2/h5-7,13H,3-4,8H2,1-2H3. The number of benzene rings is 1. The predicted molar refractivity (Wildman–Crippen MR) is 72.0 cm³/mol. The van der Waals surface area contributed by atoms with Gasteiger partial charge in [0.05, 0.1) is 13.0 Å². The van der Waals surface area contributed by atoms with Gasteiger partial charge in [-0.2, -0.15) is 0 Å². The lowest BCUT2D eigenvalue weighted by atomic mass is 10.1. The molecule has 100 valence electrons. The molecule has 0 fully saturated rings. The Morgan fingerprint density at radius 2 is 2.06 bits per heavy atom. The van der Waals surface area contributed by atoms with Gasteiger partial charge in [-0.25, -0.2) is 0 Å². The number of hydrogen-bond acceptors (Lipinski definition) is 3. The van der Waals surface area contributed by atoms with Gasteiger partial charge in [0.25, 0.3) is 0 Å². The molecule has 1 aromatic carbocycles. The van der Waals surface area contributed by atoms with Crippen LogP contribution in [0.1, 0.15) is 30.5 Å². The molecular formula is C13H16Cl2O3. The second-order valence-electron chi connectivity index (χ2n) is 3.61. The molecule has 3 nitrogen and oxygen atoms in total. The van der Waals surface area contributed by atoms with E-state index in [2.05, 4.69) is 0 Å². The normalized spacial score (nSPS) is 12.2. The van der Waals surface area contributed by atoms with E-state index in [1.807, 2.05) is 6.92 Å². The van der Waals surface area contributed by atoms with E-state index in [0.717, 1.165) is 5.56 Å². The van der Waals surface area contributed by atoms with Crippen LogP contribution in [0.5, 0.6) is 0 Å². The summed E-state index contributed by atoms with van der Waals surface area (Å²) in [5.41, 5.74) is 0.925. The molecule has 1 rings (SSSR count). The van der Waals surface area contributed by atoms with Gasteiger partial charge >= 0.3 is 5.97 Å². The molecule has 0 N–H and O–H groups in total. The fourth-order valence-corrected chi connectivity index (χ4v) is 2.15. The molecule has 5 heteroatoms. The molecule has 0 aliphatic heterocycles.